The van der Waals surface area contributed by atoms with Gasteiger partial charge in [0.25, 0.3) is 0 Å². The van der Waals surface area contributed by atoms with Crippen LogP contribution in [0.2, 0.25) is 0 Å². The van der Waals surface area contributed by atoms with E-state index in [9.17, 15) is 46.9 Å². The molecule has 222 valence electrons. The van der Waals surface area contributed by atoms with E-state index in [1.807, 2.05) is 0 Å². The van der Waals surface area contributed by atoms with Crippen LogP contribution in [0.5, 0.6) is 5.75 Å². The summed E-state index contributed by atoms with van der Waals surface area (Å²) in [6.07, 6.45) is -7.11. The first-order valence-electron chi connectivity index (χ1n) is 11.6. The average Bonchev–Trinajstić information content (AvgIpc) is 3.37. The Hall–Kier alpha value is -3.29. The number of halogens is 5. The molecule has 0 spiro atoms. The maximum atomic E-state index is 13.6. The quantitative estimate of drug-likeness (QED) is 0.0609. The lowest BCUT2D eigenvalue weighted by molar-refractivity contribution is -0.296. The highest BCUT2D eigenvalue weighted by molar-refractivity contribution is 5.72. The zero-order chi connectivity index (χ0) is 29.6. The number of esters is 1. The minimum Gasteiger partial charge on any atom is -0.481 e. The number of carbonyl (C=O) groups excluding carboxylic acids is 1. The van der Waals surface area contributed by atoms with Crippen molar-refractivity contribution in [2.24, 2.45) is 0 Å². The molecule has 0 bridgehead atoms. The minimum absolute atomic E-state index is 0.0115. The molecule has 2 heterocycles. The average molecular weight is 585 g/mol. The Morgan fingerprint density at radius 1 is 0.925 bits per heavy atom. The molecule has 3 rings (SSSR count). The van der Waals surface area contributed by atoms with E-state index in [0.29, 0.717) is 5.69 Å². The monoisotopic (exact) mass is 585 g/mol. The molecule has 4 N–H and O–H groups in total. The third-order valence-corrected chi connectivity index (χ3v) is 5.57. The molecule has 0 radical (unpaired) electrons. The second kappa shape index (κ2) is 13.9. The number of benzene rings is 1. The number of rotatable bonds is 13. The zero-order valence-corrected chi connectivity index (χ0v) is 20.4. The van der Waals surface area contributed by atoms with Crippen molar-refractivity contribution in [3.05, 3.63) is 41.0 Å². The maximum absolute atomic E-state index is 13.6. The molecule has 1 aromatic carbocycles. The molecular formula is C22H24F5N3O10. The third kappa shape index (κ3) is 7.67. The molecule has 2 aromatic rings. The summed E-state index contributed by atoms with van der Waals surface area (Å²) in [6, 6.07) is 0. The number of carbonyl (C=O) groups is 2. The number of carboxylic acids is 1. The molecule has 1 aliphatic heterocycles. The smallest absolute Gasteiger partial charge is 0.313 e. The minimum atomic E-state index is -2.38. The molecule has 0 saturated carbocycles. The summed E-state index contributed by atoms with van der Waals surface area (Å²) < 4.78 is 87.9. The van der Waals surface area contributed by atoms with E-state index < -0.39 is 90.3 Å². The van der Waals surface area contributed by atoms with Crippen molar-refractivity contribution < 1.29 is 70.9 Å². The van der Waals surface area contributed by atoms with Crippen LogP contribution < -0.4 is 4.74 Å². The Morgan fingerprint density at radius 3 is 2.23 bits per heavy atom. The molecule has 18 heteroatoms. The van der Waals surface area contributed by atoms with Gasteiger partial charge in [-0.05, 0) is 0 Å². The number of nitrogens with zero attached hydrogens (tertiary/aromatic N) is 3. The van der Waals surface area contributed by atoms with E-state index in [0.717, 1.165) is 0 Å². The highest BCUT2D eigenvalue weighted by Crippen LogP contribution is 2.29. The number of ether oxygens (including phenoxy) is 4. The van der Waals surface area contributed by atoms with Gasteiger partial charge in [-0.1, -0.05) is 5.21 Å². The van der Waals surface area contributed by atoms with Crippen LogP contribution in [0.3, 0.4) is 0 Å². The molecule has 0 aliphatic carbocycles. The second-order valence-electron chi connectivity index (χ2n) is 8.44. The van der Waals surface area contributed by atoms with E-state index in [2.05, 4.69) is 15.0 Å². The molecule has 1 fully saturated rings. The Labute approximate surface area is 221 Å². The molecule has 5 atom stereocenters. The fourth-order valence-corrected chi connectivity index (χ4v) is 3.49. The number of aliphatic hydroxyl groups excluding tert-OH is 3. The number of carboxylic acid groups (broad SMARTS) is 1. The van der Waals surface area contributed by atoms with Crippen LogP contribution in [-0.2, 0) is 36.8 Å². The van der Waals surface area contributed by atoms with E-state index in [1.54, 1.807) is 0 Å². The summed E-state index contributed by atoms with van der Waals surface area (Å²) in [5, 5.41) is 46.4. The zero-order valence-electron chi connectivity index (χ0n) is 20.4. The number of hydrogen-bond acceptors (Lipinski definition) is 11. The first kappa shape index (κ1) is 31.2. The lowest BCUT2D eigenvalue weighted by Crippen LogP contribution is -2.58. The first-order valence-corrected chi connectivity index (χ1v) is 11.6. The van der Waals surface area contributed by atoms with Gasteiger partial charge in [0, 0.05) is 12.6 Å². The van der Waals surface area contributed by atoms with Crippen molar-refractivity contribution in [1.82, 2.24) is 15.0 Å². The number of hydrogen-bond donors (Lipinski definition) is 4. The van der Waals surface area contributed by atoms with Gasteiger partial charge in [0.1, 0.15) is 18.3 Å². The van der Waals surface area contributed by atoms with E-state index in [4.69, 9.17) is 19.3 Å². The Kier molecular flexibility index (Phi) is 10.8. The van der Waals surface area contributed by atoms with Crippen molar-refractivity contribution in [3.8, 4) is 5.75 Å². The van der Waals surface area contributed by atoms with Crippen LogP contribution in [0.15, 0.2) is 6.20 Å². The fourth-order valence-electron chi connectivity index (χ4n) is 3.49. The fraction of sp³-hybridized carbons (Fsp3) is 0.545. The van der Waals surface area contributed by atoms with Crippen LogP contribution in [0.4, 0.5) is 22.0 Å². The highest BCUT2D eigenvalue weighted by atomic mass is 19.2. The van der Waals surface area contributed by atoms with Gasteiger partial charge < -0.3 is 39.4 Å². The third-order valence-electron chi connectivity index (χ3n) is 5.57. The van der Waals surface area contributed by atoms with Gasteiger partial charge in [-0.15, -0.1) is 5.10 Å². The van der Waals surface area contributed by atoms with Gasteiger partial charge in [-0.2, -0.15) is 8.78 Å². The van der Waals surface area contributed by atoms with Gasteiger partial charge >= 0.3 is 11.9 Å². The maximum Gasteiger partial charge on any atom is 0.313 e. The summed E-state index contributed by atoms with van der Waals surface area (Å²) in [7, 11) is 0. The van der Waals surface area contributed by atoms with Gasteiger partial charge in [-0.25, -0.2) is 17.9 Å². The Morgan fingerprint density at radius 2 is 1.57 bits per heavy atom. The molecule has 40 heavy (non-hydrogen) atoms. The molecule has 1 aromatic heterocycles. The largest absolute Gasteiger partial charge is 0.481 e. The first-order chi connectivity index (χ1) is 18.9. The van der Waals surface area contributed by atoms with Gasteiger partial charge in [0.2, 0.25) is 34.8 Å². The Balaban J connectivity index is 1.36. The lowest BCUT2D eigenvalue weighted by atomic mass is 9.97. The van der Waals surface area contributed by atoms with Gasteiger partial charge in [0.05, 0.1) is 51.0 Å². The van der Waals surface area contributed by atoms with Crippen molar-refractivity contribution in [2.75, 3.05) is 19.8 Å². The van der Waals surface area contributed by atoms with Gasteiger partial charge in [0.15, 0.2) is 6.29 Å². The topological polar surface area (TPSA) is 183 Å². The van der Waals surface area contributed by atoms with Crippen LogP contribution >= 0.6 is 0 Å². The lowest BCUT2D eigenvalue weighted by Gasteiger charge is -2.39. The van der Waals surface area contributed by atoms with Crippen LogP contribution in [0, 0.1) is 29.1 Å². The van der Waals surface area contributed by atoms with E-state index in [-0.39, 0.29) is 32.8 Å². The predicted octanol–water partition coefficient (Wildman–Crippen LogP) is -0.173. The van der Waals surface area contributed by atoms with Crippen molar-refractivity contribution >= 4 is 11.9 Å². The summed E-state index contributed by atoms with van der Waals surface area (Å²) in [5.74, 6) is -15.7. The highest BCUT2D eigenvalue weighted by Gasteiger charge is 2.44. The molecule has 0 unspecified atom stereocenters. The Bertz CT molecular complexity index is 1170. The van der Waals surface area contributed by atoms with E-state index >= 15 is 0 Å². The van der Waals surface area contributed by atoms with Crippen molar-refractivity contribution in [3.63, 3.8) is 0 Å². The molecule has 1 aliphatic rings. The predicted molar refractivity (Wildman–Crippen MR) is 116 cm³/mol. The molecule has 0 amide bonds. The summed E-state index contributed by atoms with van der Waals surface area (Å²) in [6.45, 7) is -0.254. The van der Waals surface area contributed by atoms with Crippen molar-refractivity contribution in [1.29, 1.82) is 0 Å². The number of aliphatic carboxylic acids is 1. The number of aliphatic hydroxyl groups is 3. The standard InChI is InChI=1S/C22H24F5N3O10/c23-13-14(24)16(26)21(17(27)15(13)25)40-12(33)2-4-37-6-3-30-8-9(28-29-30)1-5-38-22-20(36)19(35)18(34)10(39-22)7-11(31)32/h8,10,18-20,22,34-36H,1-7H2,(H,31,32)/t10-,18-,19+,20+,22+/m1/s1. The van der Waals surface area contributed by atoms with E-state index in [1.165, 1.54) is 10.9 Å². The normalized spacial score (nSPS) is 22.9. The van der Waals surface area contributed by atoms with Gasteiger partial charge in [-0.3, -0.25) is 9.59 Å². The molecule has 13 nitrogen and oxygen atoms in total. The molecule has 1 saturated heterocycles. The van der Waals surface area contributed by atoms with Crippen LogP contribution in [-0.4, -0.2) is 97.9 Å². The second-order valence-corrected chi connectivity index (χ2v) is 8.44. The molecular weight excluding hydrogens is 561 g/mol. The summed E-state index contributed by atoms with van der Waals surface area (Å²) in [4.78, 5) is 22.6. The number of aromatic nitrogens is 3. The summed E-state index contributed by atoms with van der Waals surface area (Å²) >= 11 is 0. The van der Waals surface area contributed by atoms with Crippen molar-refractivity contribution in [2.45, 2.75) is 56.5 Å². The van der Waals surface area contributed by atoms with Crippen LogP contribution in [0.1, 0.15) is 18.5 Å². The summed E-state index contributed by atoms with van der Waals surface area (Å²) in [5.41, 5.74) is 0.430. The van der Waals surface area contributed by atoms with Crippen LogP contribution in [0.25, 0.3) is 0 Å². The SMILES string of the molecule is O=C(O)C[C@H]1O[C@H](OCCc2cn(CCOCCC(=O)Oc3c(F)c(F)c(F)c(F)c3F)nn2)[C@@H](O)[C@@H](O)[C@@H]1O.